The molecule has 2 nitrogen and oxygen atoms in total. The summed E-state index contributed by atoms with van der Waals surface area (Å²) >= 11 is 0. The number of nitrogens with two attached hydrogens (primary N) is 1. The van der Waals surface area contributed by atoms with Crippen LogP contribution in [-0.4, -0.2) is 30.6 Å². The number of hydrogen-bond acceptors (Lipinski definition) is 2. The highest BCUT2D eigenvalue weighted by Gasteiger charge is 2.31. The third kappa shape index (κ3) is 4.84. The molecule has 2 N–H and O–H groups in total. The van der Waals surface area contributed by atoms with Crippen LogP contribution in [0.5, 0.6) is 0 Å². The predicted octanol–water partition coefficient (Wildman–Crippen LogP) is 3.02. The van der Waals surface area contributed by atoms with Crippen LogP contribution >= 0.6 is 0 Å². The molecule has 0 bridgehead atoms. The molecule has 0 aromatic rings. The lowest BCUT2D eigenvalue weighted by Gasteiger charge is -2.39. The van der Waals surface area contributed by atoms with E-state index in [0.29, 0.717) is 0 Å². The van der Waals surface area contributed by atoms with Gasteiger partial charge in [0.05, 0.1) is 0 Å². The van der Waals surface area contributed by atoms with Crippen molar-refractivity contribution in [3.05, 3.63) is 0 Å². The van der Waals surface area contributed by atoms with Crippen LogP contribution in [0, 0.1) is 5.92 Å². The molecular formula is C14H30N2. The SMILES string of the molecule is CCCCCN(C)CC1(N)CCCC(C)C1. The molecule has 0 heterocycles. The number of likely N-dealkylation sites (N-methyl/N-ethyl adjacent to an activating group) is 1. The first-order valence-corrected chi connectivity index (χ1v) is 7.03. The maximum atomic E-state index is 6.51. The quantitative estimate of drug-likeness (QED) is 0.705. The molecule has 1 saturated carbocycles. The summed E-state index contributed by atoms with van der Waals surface area (Å²) in [7, 11) is 2.23. The Hall–Kier alpha value is -0.0800. The van der Waals surface area contributed by atoms with Crippen LogP contribution in [0.2, 0.25) is 0 Å². The van der Waals surface area contributed by atoms with Crippen molar-refractivity contribution in [1.82, 2.24) is 4.90 Å². The van der Waals surface area contributed by atoms with E-state index in [2.05, 4.69) is 25.8 Å². The Labute approximate surface area is 102 Å². The molecule has 2 unspecified atom stereocenters. The molecule has 0 spiro atoms. The molecule has 1 fully saturated rings. The topological polar surface area (TPSA) is 29.3 Å². The molecular weight excluding hydrogens is 196 g/mol. The molecule has 0 aromatic heterocycles. The maximum Gasteiger partial charge on any atom is 0.0285 e. The van der Waals surface area contributed by atoms with E-state index in [9.17, 15) is 0 Å². The van der Waals surface area contributed by atoms with Gasteiger partial charge in [-0.25, -0.2) is 0 Å². The Morgan fingerprint density at radius 1 is 1.38 bits per heavy atom. The van der Waals surface area contributed by atoms with E-state index in [1.807, 2.05) is 0 Å². The van der Waals surface area contributed by atoms with Gasteiger partial charge in [-0.2, -0.15) is 0 Å². The highest BCUT2D eigenvalue weighted by Crippen LogP contribution is 2.30. The van der Waals surface area contributed by atoms with E-state index >= 15 is 0 Å². The fraction of sp³-hybridized carbons (Fsp3) is 1.00. The normalized spacial score (nSPS) is 30.9. The van der Waals surface area contributed by atoms with Crippen LogP contribution in [-0.2, 0) is 0 Å². The van der Waals surface area contributed by atoms with Gasteiger partial charge in [-0.3, -0.25) is 0 Å². The summed E-state index contributed by atoms with van der Waals surface area (Å²) < 4.78 is 0. The van der Waals surface area contributed by atoms with Crippen LogP contribution in [0.1, 0.15) is 58.8 Å². The van der Waals surface area contributed by atoms with Crippen LogP contribution in [0.4, 0.5) is 0 Å². The van der Waals surface area contributed by atoms with Crippen molar-refractivity contribution in [3.63, 3.8) is 0 Å². The first-order chi connectivity index (χ1) is 7.56. The smallest absolute Gasteiger partial charge is 0.0285 e. The van der Waals surface area contributed by atoms with Gasteiger partial charge in [0.15, 0.2) is 0 Å². The Kier molecular flexibility index (Phi) is 5.77. The molecule has 2 atom stereocenters. The second-order valence-corrected chi connectivity index (χ2v) is 6.01. The van der Waals surface area contributed by atoms with E-state index < -0.39 is 0 Å². The number of hydrogen-bond donors (Lipinski definition) is 1. The van der Waals surface area contributed by atoms with E-state index in [0.717, 1.165) is 12.5 Å². The molecule has 1 rings (SSSR count). The molecule has 1 aliphatic carbocycles. The van der Waals surface area contributed by atoms with E-state index in [4.69, 9.17) is 5.73 Å². The molecule has 96 valence electrons. The molecule has 0 radical (unpaired) electrons. The molecule has 0 aromatic carbocycles. The minimum atomic E-state index is 0.0959. The zero-order valence-electron chi connectivity index (χ0n) is 11.5. The monoisotopic (exact) mass is 226 g/mol. The third-order valence-electron chi connectivity index (χ3n) is 3.85. The van der Waals surface area contributed by atoms with Crippen molar-refractivity contribution in [1.29, 1.82) is 0 Å². The van der Waals surface area contributed by atoms with Gasteiger partial charge in [-0.1, -0.05) is 39.5 Å². The van der Waals surface area contributed by atoms with E-state index in [-0.39, 0.29) is 5.54 Å². The molecule has 0 saturated heterocycles. The van der Waals surface area contributed by atoms with E-state index in [1.54, 1.807) is 0 Å². The van der Waals surface area contributed by atoms with Crippen molar-refractivity contribution in [2.24, 2.45) is 11.7 Å². The van der Waals surface area contributed by atoms with Crippen LogP contribution < -0.4 is 5.73 Å². The molecule has 0 amide bonds. The van der Waals surface area contributed by atoms with E-state index in [1.165, 1.54) is 51.5 Å². The zero-order valence-corrected chi connectivity index (χ0v) is 11.5. The largest absolute Gasteiger partial charge is 0.324 e. The lowest BCUT2D eigenvalue weighted by molar-refractivity contribution is 0.168. The fourth-order valence-corrected chi connectivity index (χ4v) is 3.09. The minimum absolute atomic E-state index is 0.0959. The van der Waals surface area contributed by atoms with Gasteiger partial charge in [0.2, 0.25) is 0 Å². The standard InChI is InChI=1S/C14H30N2/c1-4-5-6-10-16(3)12-14(15)9-7-8-13(2)11-14/h13H,4-12,15H2,1-3H3. The predicted molar refractivity (Wildman–Crippen MR) is 71.6 cm³/mol. The zero-order chi connectivity index (χ0) is 12.0. The van der Waals surface area contributed by atoms with Gasteiger partial charge in [0.1, 0.15) is 0 Å². The highest BCUT2D eigenvalue weighted by molar-refractivity contribution is 4.91. The lowest BCUT2D eigenvalue weighted by atomic mass is 9.77. The van der Waals surface area contributed by atoms with Gasteiger partial charge in [-0.05, 0) is 38.8 Å². The number of rotatable bonds is 6. The van der Waals surface area contributed by atoms with Crippen molar-refractivity contribution in [3.8, 4) is 0 Å². The van der Waals surface area contributed by atoms with Crippen LogP contribution in [0.25, 0.3) is 0 Å². The maximum absolute atomic E-state index is 6.51. The summed E-state index contributed by atoms with van der Waals surface area (Å²) in [4.78, 5) is 2.44. The Balaban J connectivity index is 2.27. The first kappa shape index (κ1) is 14.0. The summed E-state index contributed by atoms with van der Waals surface area (Å²) in [6.07, 6.45) is 9.09. The fourth-order valence-electron chi connectivity index (χ4n) is 3.09. The summed E-state index contributed by atoms with van der Waals surface area (Å²) in [6.45, 7) is 6.90. The van der Waals surface area contributed by atoms with Crippen molar-refractivity contribution in [2.45, 2.75) is 64.3 Å². The first-order valence-electron chi connectivity index (χ1n) is 7.03. The lowest BCUT2D eigenvalue weighted by Crippen LogP contribution is -2.52. The molecule has 0 aliphatic heterocycles. The summed E-state index contributed by atoms with van der Waals surface area (Å²) in [5.41, 5.74) is 6.61. The second-order valence-electron chi connectivity index (χ2n) is 6.01. The second kappa shape index (κ2) is 6.61. The van der Waals surface area contributed by atoms with Crippen LogP contribution in [0.3, 0.4) is 0 Å². The summed E-state index contributed by atoms with van der Waals surface area (Å²) in [5, 5.41) is 0. The Bertz CT molecular complexity index is 193. The van der Waals surface area contributed by atoms with Gasteiger partial charge < -0.3 is 10.6 Å². The Morgan fingerprint density at radius 3 is 2.75 bits per heavy atom. The minimum Gasteiger partial charge on any atom is -0.324 e. The molecule has 16 heavy (non-hydrogen) atoms. The van der Waals surface area contributed by atoms with Gasteiger partial charge >= 0.3 is 0 Å². The van der Waals surface area contributed by atoms with Gasteiger partial charge in [0.25, 0.3) is 0 Å². The van der Waals surface area contributed by atoms with Gasteiger partial charge in [-0.15, -0.1) is 0 Å². The summed E-state index contributed by atoms with van der Waals surface area (Å²) in [6, 6.07) is 0. The number of nitrogens with zero attached hydrogens (tertiary/aromatic N) is 1. The average Bonchev–Trinajstić information content (AvgIpc) is 2.16. The van der Waals surface area contributed by atoms with Crippen molar-refractivity contribution >= 4 is 0 Å². The van der Waals surface area contributed by atoms with Gasteiger partial charge in [0, 0.05) is 12.1 Å². The highest BCUT2D eigenvalue weighted by atomic mass is 15.1. The third-order valence-corrected chi connectivity index (χ3v) is 3.85. The van der Waals surface area contributed by atoms with Crippen molar-refractivity contribution in [2.75, 3.05) is 20.1 Å². The van der Waals surface area contributed by atoms with Crippen molar-refractivity contribution < 1.29 is 0 Å². The summed E-state index contributed by atoms with van der Waals surface area (Å²) in [5.74, 6) is 0.822. The molecule has 1 aliphatic rings. The average molecular weight is 226 g/mol. The number of unbranched alkanes of at least 4 members (excludes halogenated alkanes) is 2. The van der Waals surface area contributed by atoms with Crippen LogP contribution in [0.15, 0.2) is 0 Å². The Morgan fingerprint density at radius 2 is 2.12 bits per heavy atom. The molecule has 2 heteroatoms.